The lowest BCUT2D eigenvalue weighted by atomic mass is 9.86. The van der Waals surface area contributed by atoms with Gasteiger partial charge < -0.3 is 10.2 Å². The van der Waals surface area contributed by atoms with Gasteiger partial charge in [-0.3, -0.25) is 4.79 Å². The number of aliphatic hydroxyl groups excluding tert-OH is 1. The summed E-state index contributed by atoms with van der Waals surface area (Å²) in [6, 6.07) is 3.48. The van der Waals surface area contributed by atoms with Gasteiger partial charge in [0.15, 0.2) is 11.6 Å². The van der Waals surface area contributed by atoms with Crippen LogP contribution in [0, 0.1) is 35.3 Å². The molecule has 0 saturated heterocycles. The van der Waals surface area contributed by atoms with Crippen LogP contribution >= 0.6 is 0 Å². The van der Waals surface area contributed by atoms with Crippen LogP contribution in [-0.4, -0.2) is 22.3 Å². The fourth-order valence-electron chi connectivity index (χ4n) is 4.09. The van der Waals surface area contributed by atoms with Crippen molar-refractivity contribution < 1.29 is 23.8 Å². The van der Waals surface area contributed by atoms with Gasteiger partial charge in [-0.2, -0.15) is 0 Å². The average Bonchev–Trinajstić information content (AvgIpc) is 3.11. The summed E-state index contributed by atoms with van der Waals surface area (Å²) in [5.41, 5.74) is 0.361. The molecule has 0 aliphatic heterocycles. The van der Waals surface area contributed by atoms with E-state index in [2.05, 4.69) is 11.8 Å². The molecule has 0 aromatic heterocycles. The van der Waals surface area contributed by atoms with Crippen molar-refractivity contribution in [1.82, 2.24) is 0 Å². The van der Waals surface area contributed by atoms with Gasteiger partial charge in [0.05, 0.1) is 0 Å². The molecule has 3 nitrogen and oxygen atoms in total. The standard InChI is InChI=1S/C23H30F2O3/c24-21-15-11-17(16-22(21)25)10-13-20(26)14-12-19-8-5-7-18(19)6-3-1-2-4-9-23(27)28/h11,15-16,18-20,26H,1-9,12,14H2,(H,27,28)/t18-,19+,20?/m0/s1. The van der Waals surface area contributed by atoms with E-state index in [1.54, 1.807) is 0 Å². The second kappa shape index (κ2) is 11.8. The van der Waals surface area contributed by atoms with Gasteiger partial charge in [-0.25, -0.2) is 8.78 Å². The minimum absolute atomic E-state index is 0.259. The summed E-state index contributed by atoms with van der Waals surface area (Å²) in [7, 11) is 0. The topological polar surface area (TPSA) is 57.5 Å². The van der Waals surface area contributed by atoms with Crippen LogP contribution in [0.5, 0.6) is 0 Å². The predicted octanol–water partition coefficient (Wildman–Crippen LogP) is 5.30. The number of hydrogen-bond donors (Lipinski definition) is 2. The van der Waals surface area contributed by atoms with Crippen LogP contribution in [0.4, 0.5) is 8.78 Å². The molecule has 2 N–H and O–H groups in total. The van der Waals surface area contributed by atoms with E-state index in [4.69, 9.17) is 5.11 Å². The Morgan fingerprint density at radius 1 is 1.07 bits per heavy atom. The second-order valence-electron chi connectivity index (χ2n) is 7.79. The molecular weight excluding hydrogens is 362 g/mol. The molecule has 0 amide bonds. The van der Waals surface area contributed by atoms with Gasteiger partial charge in [0.25, 0.3) is 0 Å². The summed E-state index contributed by atoms with van der Waals surface area (Å²) in [5, 5.41) is 18.8. The van der Waals surface area contributed by atoms with Crippen LogP contribution in [0.25, 0.3) is 0 Å². The molecular formula is C23H30F2O3. The summed E-state index contributed by atoms with van der Waals surface area (Å²) >= 11 is 0. The molecule has 2 rings (SSSR count). The molecule has 1 aliphatic rings. The number of benzene rings is 1. The van der Waals surface area contributed by atoms with Gasteiger partial charge in [-0.1, -0.05) is 56.8 Å². The van der Waals surface area contributed by atoms with Gasteiger partial charge in [-0.05, 0) is 49.3 Å². The zero-order valence-electron chi connectivity index (χ0n) is 16.3. The third-order valence-corrected chi connectivity index (χ3v) is 5.65. The fraction of sp³-hybridized carbons (Fsp3) is 0.609. The Kier molecular flexibility index (Phi) is 9.43. The summed E-state index contributed by atoms with van der Waals surface area (Å²) in [5.74, 6) is 4.18. The Hall–Kier alpha value is -1.93. The number of halogens is 2. The predicted molar refractivity (Wildman–Crippen MR) is 105 cm³/mol. The van der Waals surface area contributed by atoms with Crippen molar-refractivity contribution in [2.45, 2.75) is 76.7 Å². The number of carboxylic acids is 1. The van der Waals surface area contributed by atoms with Crippen molar-refractivity contribution >= 4 is 5.97 Å². The molecule has 1 saturated carbocycles. The first kappa shape index (κ1) is 22.4. The smallest absolute Gasteiger partial charge is 0.303 e. The van der Waals surface area contributed by atoms with E-state index in [0.717, 1.165) is 44.2 Å². The minimum Gasteiger partial charge on any atom is -0.481 e. The van der Waals surface area contributed by atoms with Crippen molar-refractivity contribution in [3.05, 3.63) is 35.4 Å². The average molecular weight is 392 g/mol. The fourth-order valence-corrected chi connectivity index (χ4v) is 4.09. The second-order valence-corrected chi connectivity index (χ2v) is 7.79. The van der Waals surface area contributed by atoms with E-state index in [1.807, 2.05) is 0 Å². The maximum atomic E-state index is 13.2. The first-order valence-corrected chi connectivity index (χ1v) is 10.3. The lowest BCUT2D eigenvalue weighted by Crippen LogP contribution is -2.12. The summed E-state index contributed by atoms with van der Waals surface area (Å²) in [4.78, 5) is 10.5. The lowest BCUT2D eigenvalue weighted by molar-refractivity contribution is -0.137. The van der Waals surface area contributed by atoms with Crippen molar-refractivity contribution in [2.24, 2.45) is 11.8 Å². The Morgan fingerprint density at radius 2 is 1.79 bits per heavy atom. The zero-order valence-corrected chi connectivity index (χ0v) is 16.3. The monoisotopic (exact) mass is 392 g/mol. The summed E-state index contributed by atoms with van der Waals surface area (Å²) < 4.78 is 26.1. The van der Waals surface area contributed by atoms with Crippen LogP contribution in [0.3, 0.4) is 0 Å². The quantitative estimate of drug-likeness (QED) is 0.420. The molecule has 1 fully saturated rings. The minimum atomic E-state index is -0.932. The Labute approximate surface area is 166 Å². The van der Waals surface area contributed by atoms with Crippen molar-refractivity contribution in [1.29, 1.82) is 0 Å². The van der Waals surface area contributed by atoms with Crippen molar-refractivity contribution in [3.63, 3.8) is 0 Å². The molecule has 0 spiro atoms. The summed E-state index contributed by atoms with van der Waals surface area (Å²) in [6.45, 7) is 0. The number of rotatable bonds is 10. The Bertz CT molecular complexity index is 693. The van der Waals surface area contributed by atoms with Crippen LogP contribution < -0.4 is 0 Å². The van der Waals surface area contributed by atoms with E-state index < -0.39 is 23.7 Å². The highest BCUT2D eigenvalue weighted by atomic mass is 19.2. The molecule has 28 heavy (non-hydrogen) atoms. The highest BCUT2D eigenvalue weighted by Crippen LogP contribution is 2.38. The third-order valence-electron chi connectivity index (χ3n) is 5.65. The van der Waals surface area contributed by atoms with Gasteiger partial charge >= 0.3 is 5.97 Å². The largest absolute Gasteiger partial charge is 0.481 e. The molecule has 154 valence electrons. The number of carbonyl (C=O) groups is 1. The van der Waals surface area contributed by atoms with Crippen LogP contribution in [-0.2, 0) is 4.79 Å². The van der Waals surface area contributed by atoms with Crippen LogP contribution in [0.1, 0.15) is 76.2 Å². The van der Waals surface area contributed by atoms with Gasteiger partial charge in [0.1, 0.15) is 6.10 Å². The first-order valence-electron chi connectivity index (χ1n) is 10.3. The number of carboxylic acid groups (broad SMARTS) is 1. The van der Waals surface area contributed by atoms with E-state index in [9.17, 15) is 18.7 Å². The molecule has 1 aromatic carbocycles. The van der Waals surface area contributed by atoms with Gasteiger partial charge in [0, 0.05) is 12.0 Å². The van der Waals surface area contributed by atoms with E-state index in [0.29, 0.717) is 23.8 Å². The van der Waals surface area contributed by atoms with Crippen LogP contribution in [0.15, 0.2) is 18.2 Å². The van der Waals surface area contributed by atoms with Gasteiger partial charge in [-0.15, -0.1) is 0 Å². The summed E-state index contributed by atoms with van der Waals surface area (Å²) in [6.07, 6.45) is 9.80. The molecule has 0 bridgehead atoms. The maximum Gasteiger partial charge on any atom is 0.303 e. The molecule has 1 aliphatic carbocycles. The lowest BCUT2D eigenvalue weighted by Gasteiger charge is -2.20. The zero-order chi connectivity index (χ0) is 20.4. The van der Waals surface area contributed by atoms with Crippen LogP contribution in [0.2, 0.25) is 0 Å². The number of aliphatic carboxylic acids is 1. The highest BCUT2D eigenvalue weighted by molar-refractivity contribution is 5.66. The molecule has 3 atom stereocenters. The molecule has 1 aromatic rings. The van der Waals surface area contributed by atoms with E-state index >= 15 is 0 Å². The Morgan fingerprint density at radius 3 is 2.50 bits per heavy atom. The number of unbranched alkanes of at least 4 members (excludes halogenated alkanes) is 3. The van der Waals surface area contributed by atoms with Gasteiger partial charge in [0.2, 0.25) is 0 Å². The molecule has 0 radical (unpaired) electrons. The van der Waals surface area contributed by atoms with E-state index in [1.165, 1.54) is 31.7 Å². The first-order chi connectivity index (χ1) is 13.5. The van der Waals surface area contributed by atoms with Crippen molar-refractivity contribution in [2.75, 3.05) is 0 Å². The van der Waals surface area contributed by atoms with E-state index in [-0.39, 0.29) is 6.42 Å². The Balaban J connectivity index is 1.68. The highest BCUT2D eigenvalue weighted by Gasteiger charge is 2.26. The maximum absolute atomic E-state index is 13.2. The molecule has 1 unspecified atom stereocenters. The molecule has 5 heteroatoms. The number of hydrogen-bond acceptors (Lipinski definition) is 2. The van der Waals surface area contributed by atoms with Crippen molar-refractivity contribution in [3.8, 4) is 11.8 Å². The SMILES string of the molecule is O=C(O)CCCCCC[C@H]1CCC[C@@H]1CCC(O)C#Cc1ccc(F)c(F)c1. The number of aliphatic hydroxyl groups is 1. The normalized spacial score (nSPS) is 19.8. The molecule has 0 heterocycles. The third kappa shape index (κ3) is 7.98.